The van der Waals surface area contributed by atoms with Crippen molar-refractivity contribution in [1.29, 1.82) is 0 Å². The Labute approximate surface area is 160 Å². The molecular formula is C21H28N4O2. The second-order valence-corrected chi connectivity index (χ2v) is 7.50. The molecule has 1 atom stereocenters. The SMILES string of the molecule is COc1cccc(-c2cn[nH]c2[C@H]2CCCN2CC(=O)N2CCCCC2)c1. The maximum Gasteiger partial charge on any atom is 0.236 e. The van der Waals surface area contributed by atoms with Crippen LogP contribution in [0.2, 0.25) is 0 Å². The summed E-state index contributed by atoms with van der Waals surface area (Å²) in [6, 6.07) is 8.27. The summed E-state index contributed by atoms with van der Waals surface area (Å²) in [5, 5.41) is 7.52. The predicted octanol–water partition coefficient (Wildman–Crippen LogP) is 3.23. The van der Waals surface area contributed by atoms with E-state index in [1.165, 1.54) is 6.42 Å². The van der Waals surface area contributed by atoms with Gasteiger partial charge in [0.25, 0.3) is 0 Å². The molecule has 2 aliphatic rings. The number of methoxy groups -OCH3 is 1. The predicted molar refractivity (Wildman–Crippen MR) is 105 cm³/mol. The fourth-order valence-corrected chi connectivity index (χ4v) is 4.33. The summed E-state index contributed by atoms with van der Waals surface area (Å²) >= 11 is 0. The number of carbonyl (C=O) groups is 1. The van der Waals surface area contributed by atoms with Crippen molar-refractivity contribution in [1.82, 2.24) is 20.0 Å². The Bertz CT molecular complexity index is 782. The highest BCUT2D eigenvalue weighted by molar-refractivity contribution is 5.78. The second-order valence-electron chi connectivity index (χ2n) is 7.50. The van der Waals surface area contributed by atoms with Crippen LogP contribution in [-0.2, 0) is 4.79 Å². The first-order chi connectivity index (χ1) is 13.3. The van der Waals surface area contributed by atoms with E-state index in [0.29, 0.717) is 6.54 Å². The standard InChI is InChI=1S/C21H28N4O2/c1-27-17-8-5-7-16(13-17)18-14-22-23-21(18)19-9-6-12-25(19)15-20(26)24-10-3-2-4-11-24/h5,7-8,13-14,19H,2-4,6,9-12,15H2,1H3,(H,22,23)/t19-/m1/s1. The third-order valence-electron chi connectivity index (χ3n) is 5.79. The average Bonchev–Trinajstić information content (AvgIpc) is 3.37. The number of piperidine rings is 1. The van der Waals surface area contributed by atoms with E-state index in [1.54, 1.807) is 7.11 Å². The molecule has 2 aromatic rings. The number of nitrogens with zero attached hydrogens (tertiary/aromatic N) is 3. The van der Waals surface area contributed by atoms with Crippen LogP contribution in [0, 0.1) is 0 Å². The molecule has 0 unspecified atom stereocenters. The van der Waals surface area contributed by atoms with Gasteiger partial charge in [-0.05, 0) is 56.3 Å². The van der Waals surface area contributed by atoms with Gasteiger partial charge in [-0.2, -0.15) is 5.10 Å². The van der Waals surface area contributed by atoms with Crippen molar-refractivity contribution in [2.75, 3.05) is 33.3 Å². The molecule has 1 aromatic carbocycles. The van der Waals surface area contributed by atoms with Gasteiger partial charge in [0.2, 0.25) is 5.91 Å². The van der Waals surface area contributed by atoms with Gasteiger partial charge in [-0.25, -0.2) is 0 Å². The van der Waals surface area contributed by atoms with Gasteiger partial charge < -0.3 is 9.64 Å². The molecule has 3 heterocycles. The van der Waals surface area contributed by atoms with Crippen LogP contribution in [0.1, 0.15) is 43.8 Å². The van der Waals surface area contributed by atoms with E-state index in [4.69, 9.17) is 4.74 Å². The number of rotatable bonds is 5. The molecule has 0 saturated carbocycles. The van der Waals surface area contributed by atoms with E-state index in [9.17, 15) is 4.79 Å². The van der Waals surface area contributed by atoms with Crippen molar-refractivity contribution in [3.63, 3.8) is 0 Å². The van der Waals surface area contributed by atoms with Crippen LogP contribution in [0.4, 0.5) is 0 Å². The van der Waals surface area contributed by atoms with Crippen LogP contribution in [0.3, 0.4) is 0 Å². The number of hydrogen-bond donors (Lipinski definition) is 1. The smallest absolute Gasteiger partial charge is 0.236 e. The highest BCUT2D eigenvalue weighted by Crippen LogP contribution is 2.37. The van der Waals surface area contributed by atoms with Gasteiger partial charge in [-0.15, -0.1) is 0 Å². The van der Waals surface area contributed by atoms with Gasteiger partial charge >= 0.3 is 0 Å². The van der Waals surface area contributed by atoms with Gasteiger partial charge in [-0.3, -0.25) is 14.8 Å². The number of hydrogen-bond acceptors (Lipinski definition) is 4. The summed E-state index contributed by atoms with van der Waals surface area (Å²) in [5.74, 6) is 1.10. The number of nitrogens with one attached hydrogen (secondary N) is 1. The summed E-state index contributed by atoms with van der Waals surface area (Å²) in [5.41, 5.74) is 3.29. The van der Waals surface area contributed by atoms with E-state index < -0.39 is 0 Å². The van der Waals surface area contributed by atoms with Crippen molar-refractivity contribution in [3.8, 4) is 16.9 Å². The van der Waals surface area contributed by atoms with E-state index in [0.717, 1.165) is 67.9 Å². The lowest BCUT2D eigenvalue weighted by atomic mass is 10.0. The Kier molecular flexibility index (Phi) is 5.43. The Morgan fingerprint density at radius 1 is 1.22 bits per heavy atom. The Morgan fingerprint density at radius 2 is 2.07 bits per heavy atom. The van der Waals surface area contributed by atoms with Gasteiger partial charge in [0.1, 0.15) is 5.75 Å². The van der Waals surface area contributed by atoms with Crippen molar-refractivity contribution in [3.05, 3.63) is 36.2 Å². The van der Waals surface area contributed by atoms with Crippen molar-refractivity contribution in [2.45, 2.75) is 38.1 Å². The molecule has 2 aliphatic heterocycles. The highest BCUT2D eigenvalue weighted by atomic mass is 16.5. The van der Waals surface area contributed by atoms with Crippen LogP contribution in [0.5, 0.6) is 5.75 Å². The van der Waals surface area contributed by atoms with E-state index in [2.05, 4.69) is 21.2 Å². The van der Waals surface area contributed by atoms with E-state index >= 15 is 0 Å². The lowest BCUT2D eigenvalue weighted by Gasteiger charge is -2.30. The maximum atomic E-state index is 12.7. The molecular weight excluding hydrogens is 340 g/mol. The molecule has 1 aromatic heterocycles. The number of H-pyrrole nitrogens is 1. The Balaban J connectivity index is 1.52. The number of aromatic amines is 1. The normalized spacial score (nSPS) is 20.8. The molecule has 1 amide bonds. The lowest BCUT2D eigenvalue weighted by molar-refractivity contribution is -0.133. The summed E-state index contributed by atoms with van der Waals surface area (Å²) in [6.45, 7) is 3.29. The molecule has 6 nitrogen and oxygen atoms in total. The fraction of sp³-hybridized carbons (Fsp3) is 0.524. The van der Waals surface area contributed by atoms with Crippen molar-refractivity contribution < 1.29 is 9.53 Å². The third-order valence-corrected chi connectivity index (χ3v) is 5.79. The van der Waals surface area contributed by atoms with Crippen molar-refractivity contribution >= 4 is 5.91 Å². The van der Waals surface area contributed by atoms with Gasteiger partial charge in [0.15, 0.2) is 0 Å². The van der Waals surface area contributed by atoms with E-state index in [1.807, 2.05) is 29.3 Å². The molecule has 2 saturated heterocycles. The second kappa shape index (κ2) is 8.13. The zero-order chi connectivity index (χ0) is 18.6. The molecule has 0 bridgehead atoms. The molecule has 2 fully saturated rings. The number of aromatic nitrogens is 2. The zero-order valence-corrected chi connectivity index (χ0v) is 16.0. The maximum absolute atomic E-state index is 12.7. The Morgan fingerprint density at radius 3 is 2.89 bits per heavy atom. The minimum absolute atomic E-state index is 0.211. The third kappa shape index (κ3) is 3.86. The molecule has 0 aliphatic carbocycles. The summed E-state index contributed by atoms with van der Waals surface area (Å²) < 4.78 is 5.37. The first kappa shape index (κ1) is 18.0. The van der Waals surface area contributed by atoms with Gasteiger partial charge in [0, 0.05) is 18.7 Å². The topological polar surface area (TPSA) is 61.5 Å². The number of benzene rings is 1. The van der Waals surface area contributed by atoms with Gasteiger partial charge in [-0.1, -0.05) is 12.1 Å². The first-order valence-corrected chi connectivity index (χ1v) is 9.96. The number of amides is 1. The highest BCUT2D eigenvalue weighted by Gasteiger charge is 2.32. The minimum atomic E-state index is 0.211. The zero-order valence-electron chi connectivity index (χ0n) is 16.0. The molecule has 4 rings (SSSR count). The average molecular weight is 368 g/mol. The van der Waals surface area contributed by atoms with Crippen LogP contribution >= 0.6 is 0 Å². The number of ether oxygens (including phenoxy) is 1. The fourth-order valence-electron chi connectivity index (χ4n) is 4.33. The molecule has 27 heavy (non-hydrogen) atoms. The van der Waals surface area contributed by atoms with E-state index in [-0.39, 0.29) is 11.9 Å². The van der Waals surface area contributed by atoms with Gasteiger partial charge in [0.05, 0.1) is 31.6 Å². The number of carbonyl (C=O) groups excluding carboxylic acids is 1. The monoisotopic (exact) mass is 368 g/mol. The molecule has 144 valence electrons. The Hall–Kier alpha value is -2.34. The molecule has 0 radical (unpaired) electrons. The van der Waals surface area contributed by atoms with Crippen LogP contribution in [0.25, 0.3) is 11.1 Å². The molecule has 0 spiro atoms. The molecule has 1 N–H and O–H groups in total. The largest absolute Gasteiger partial charge is 0.497 e. The van der Waals surface area contributed by atoms with Crippen molar-refractivity contribution in [2.24, 2.45) is 0 Å². The first-order valence-electron chi connectivity index (χ1n) is 9.96. The summed E-state index contributed by atoms with van der Waals surface area (Å²) in [4.78, 5) is 17.1. The number of likely N-dealkylation sites (tertiary alicyclic amines) is 2. The minimum Gasteiger partial charge on any atom is -0.497 e. The summed E-state index contributed by atoms with van der Waals surface area (Å²) in [6.07, 6.45) is 7.55. The quantitative estimate of drug-likeness (QED) is 0.880. The summed E-state index contributed by atoms with van der Waals surface area (Å²) in [7, 11) is 1.68. The van der Waals surface area contributed by atoms with Crippen LogP contribution < -0.4 is 4.74 Å². The van der Waals surface area contributed by atoms with Crippen LogP contribution in [0.15, 0.2) is 30.5 Å². The molecule has 6 heteroatoms. The lowest BCUT2D eigenvalue weighted by Crippen LogP contribution is -2.42. The van der Waals surface area contributed by atoms with Crippen LogP contribution in [-0.4, -0.2) is 59.2 Å².